The number of hydrogen-bond donors (Lipinski definition) is 3. The number of fused-ring (bicyclic) bond motifs is 1. The number of aliphatic imine (C=N–C) groups is 1. The number of H-pyrrole nitrogens is 1. The molecule has 0 fully saturated rings. The average Bonchev–Trinajstić information content (AvgIpc) is 3.23. The Morgan fingerprint density at radius 1 is 1.21 bits per heavy atom. The minimum atomic E-state index is -0.357. The first-order valence-corrected chi connectivity index (χ1v) is 11.9. The highest BCUT2D eigenvalue weighted by Gasteiger charge is 2.34. The lowest BCUT2D eigenvalue weighted by molar-refractivity contribution is -0.113. The van der Waals surface area contributed by atoms with Crippen LogP contribution in [0.4, 0.5) is 11.5 Å². The molecule has 0 radical (unpaired) electrons. The van der Waals surface area contributed by atoms with E-state index in [9.17, 15) is 4.79 Å². The van der Waals surface area contributed by atoms with Crippen molar-refractivity contribution >= 4 is 39.9 Å². The van der Waals surface area contributed by atoms with Crippen LogP contribution in [0, 0.1) is 12.3 Å². The van der Waals surface area contributed by atoms with E-state index in [-0.39, 0.29) is 17.6 Å². The summed E-state index contributed by atoms with van der Waals surface area (Å²) in [4.78, 5) is 17.6. The lowest BCUT2D eigenvalue weighted by Crippen LogP contribution is -2.26. The maximum atomic E-state index is 12.9. The van der Waals surface area contributed by atoms with Crippen LogP contribution in [-0.2, 0) is 11.2 Å². The largest absolute Gasteiger partial charge is 0.497 e. The Morgan fingerprint density at radius 2 is 2.00 bits per heavy atom. The van der Waals surface area contributed by atoms with Crippen molar-refractivity contribution in [3.63, 3.8) is 0 Å². The molecule has 0 spiro atoms. The van der Waals surface area contributed by atoms with Crippen molar-refractivity contribution in [1.82, 2.24) is 10.2 Å². The number of carbonyl (C=O) groups is 1. The first-order valence-electron chi connectivity index (χ1n) is 10.9. The Morgan fingerprint density at radius 3 is 2.74 bits per heavy atom. The van der Waals surface area contributed by atoms with Gasteiger partial charge in [0.15, 0.2) is 5.82 Å². The first-order chi connectivity index (χ1) is 16.5. The summed E-state index contributed by atoms with van der Waals surface area (Å²) in [7, 11) is 3.12. The molecule has 1 aromatic heterocycles. The summed E-state index contributed by atoms with van der Waals surface area (Å²) in [5.41, 5.74) is 4.70. The number of amides is 1. The molecule has 1 aliphatic rings. The number of hydrogen-bond acceptors (Lipinski definition) is 7. The van der Waals surface area contributed by atoms with E-state index in [0.717, 1.165) is 28.8 Å². The predicted molar refractivity (Wildman–Crippen MR) is 136 cm³/mol. The standard InChI is InChI=1S/C25H27N5O3S/c1-5-15-8-6-7-9-17(15)22-23(26)21-14(2)29-30-24(21)28-25(22)34-13-20(31)27-18-12-16(32-3)10-11-19(18)33-4/h6-12,22,26H,5,13H2,1-4H3,(H,27,31)(H,29,30). The fraction of sp³-hybridized carbons (Fsp3) is 0.280. The van der Waals surface area contributed by atoms with Crippen molar-refractivity contribution < 1.29 is 14.3 Å². The molecule has 1 aliphatic heterocycles. The van der Waals surface area contributed by atoms with Gasteiger partial charge >= 0.3 is 0 Å². The van der Waals surface area contributed by atoms with Gasteiger partial charge in [-0.2, -0.15) is 5.10 Å². The normalized spacial score (nSPS) is 14.9. The zero-order chi connectivity index (χ0) is 24.2. The third-order valence-electron chi connectivity index (χ3n) is 5.73. The molecule has 4 rings (SSSR count). The van der Waals surface area contributed by atoms with Gasteiger partial charge in [0.2, 0.25) is 5.91 Å². The number of ether oxygens (including phenoxy) is 2. The third-order valence-corrected chi connectivity index (χ3v) is 6.76. The minimum Gasteiger partial charge on any atom is -0.497 e. The van der Waals surface area contributed by atoms with Gasteiger partial charge in [0.1, 0.15) is 11.5 Å². The average molecular weight is 478 g/mol. The van der Waals surface area contributed by atoms with E-state index < -0.39 is 0 Å². The summed E-state index contributed by atoms with van der Waals surface area (Å²) in [6.45, 7) is 3.99. The molecule has 1 amide bonds. The number of rotatable bonds is 7. The summed E-state index contributed by atoms with van der Waals surface area (Å²) in [6, 6.07) is 13.3. The molecule has 2 aromatic carbocycles. The van der Waals surface area contributed by atoms with Gasteiger partial charge in [-0.15, -0.1) is 0 Å². The van der Waals surface area contributed by atoms with Gasteiger partial charge in [-0.1, -0.05) is 43.0 Å². The Balaban J connectivity index is 1.61. The van der Waals surface area contributed by atoms with Crippen molar-refractivity contribution in [2.45, 2.75) is 26.2 Å². The predicted octanol–water partition coefficient (Wildman–Crippen LogP) is 4.86. The summed E-state index contributed by atoms with van der Waals surface area (Å²) in [5.74, 6) is 1.20. The Labute approximate surface area is 202 Å². The van der Waals surface area contributed by atoms with E-state index in [4.69, 9.17) is 19.9 Å². The lowest BCUT2D eigenvalue weighted by atomic mass is 9.85. The maximum absolute atomic E-state index is 12.9. The number of aromatic amines is 1. The Hall–Kier alpha value is -3.59. The summed E-state index contributed by atoms with van der Waals surface area (Å²) < 4.78 is 10.6. The molecular formula is C25H27N5O3S. The Bertz CT molecular complexity index is 1270. The number of carbonyl (C=O) groups excluding carboxylic acids is 1. The van der Waals surface area contributed by atoms with E-state index in [1.807, 2.05) is 25.1 Å². The van der Waals surface area contributed by atoms with Gasteiger partial charge in [0.05, 0.1) is 47.9 Å². The minimum absolute atomic E-state index is 0.121. The van der Waals surface area contributed by atoms with Gasteiger partial charge in [-0.25, -0.2) is 4.99 Å². The summed E-state index contributed by atoms with van der Waals surface area (Å²) in [5, 5.41) is 19.8. The summed E-state index contributed by atoms with van der Waals surface area (Å²) >= 11 is 1.32. The van der Waals surface area contributed by atoms with Gasteiger partial charge in [-0.05, 0) is 36.6 Å². The number of nitrogens with zero attached hydrogens (tertiary/aromatic N) is 2. The number of methoxy groups -OCH3 is 2. The summed E-state index contributed by atoms with van der Waals surface area (Å²) in [6.07, 6.45) is 0.839. The smallest absolute Gasteiger partial charge is 0.234 e. The number of aryl methyl sites for hydroxylation is 2. The quantitative estimate of drug-likeness (QED) is 0.450. The van der Waals surface area contributed by atoms with E-state index >= 15 is 0 Å². The molecule has 3 N–H and O–H groups in total. The van der Waals surface area contributed by atoms with Crippen LogP contribution in [0.2, 0.25) is 0 Å². The van der Waals surface area contributed by atoms with Crippen molar-refractivity contribution in [2.75, 3.05) is 25.3 Å². The SMILES string of the molecule is CCc1ccccc1C1C(=N)c2c(n[nH]c2C)N=C1SCC(=O)Nc1cc(OC)ccc1OC. The molecule has 3 aromatic rings. The third kappa shape index (κ3) is 4.56. The zero-order valence-corrected chi connectivity index (χ0v) is 20.4. The molecule has 1 unspecified atom stereocenters. The molecule has 176 valence electrons. The molecule has 9 heteroatoms. The van der Waals surface area contributed by atoms with E-state index in [1.54, 1.807) is 32.4 Å². The molecule has 0 saturated carbocycles. The molecular weight excluding hydrogens is 450 g/mol. The fourth-order valence-electron chi connectivity index (χ4n) is 4.04. The van der Waals surface area contributed by atoms with Gasteiger partial charge in [0, 0.05) is 11.8 Å². The number of nitrogens with one attached hydrogen (secondary N) is 3. The van der Waals surface area contributed by atoms with Crippen LogP contribution < -0.4 is 14.8 Å². The number of thioether (sulfide) groups is 1. The number of benzene rings is 2. The molecule has 0 saturated heterocycles. The van der Waals surface area contributed by atoms with Crippen LogP contribution in [0.1, 0.15) is 35.2 Å². The second-order valence-electron chi connectivity index (χ2n) is 7.80. The fourth-order valence-corrected chi connectivity index (χ4v) is 4.95. The second-order valence-corrected chi connectivity index (χ2v) is 8.80. The highest BCUT2D eigenvalue weighted by Crippen LogP contribution is 2.39. The molecule has 0 bridgehead atoms. The number of anilines is 1. The van der Waals surface area contributed by atoms with Gasteiger partial charge < -0.3 is 20.2 Å². The van der Waals surface area contributed by atoms with Crippen LogP contribution >= 0.6 is 11.8 Å². The Kier molecular flexibility index (Phi) is 7.02. The molecule has 8 nitrogen and oxygen atoms in total. The van der Waals surface area contributed by atoms with Crippen LogP contribution in [0.15, 0.2) is 47.5 Å². The monoisotopic (exact) mass is 477 g/mol. The first kappa shape index (κ1) is 23.6. The maximum Gasteiger partial charge on any atom is 0.234 e. The molecule has 1 atom stereocenters. The van der Waals surface area contributed by atoms with Crippen LogP contribution in [-0.4, -0.2) is 46.8 Å². The van der Waals surface area contributed by atoms with Crippen LogP contribution in [0.5, 0.6) is 11.5 Å². The van der Waals surface area contributed by atoms with E-state index in [2.05, 4.69) is 28.5 Å². The molecule has 2 heterocycles. The van der Waals surface area contributed by atoms with Gasteiger partial charge in [-0.3, -0.25) is 9.89 Å². The second kappa shape index (κ2) is 10.1. The molecule has 34 heavy (non-hydrogen) atoms. The van der Waals surface area contributed by atoms with E-state index in [0.29, 0.717) is 33.8 Å². The van der Waals surface area contributed by atoms with Crippen molar-refractivity contribution in [2.24, 2.45) is 4.99 Å². The topological polar surface area (TPSA) is 112 Å². The molecule has 0 aliphatic carbocycles. The van der Waals surface area contributed by atoms with Crippen molar-refractivity contribution in [1.29, 1.82) is 5.41 Å². The van der Waals surface area contributed by atoms with E-state index in [1.165, 1.54) is 11.8 Å². The van der Waals surface area contributed by atoms with Gasteiger partial charge in [0.25, 0.3) is 0 Å². The van der Waals surface area contributed by atoms with Crippen LogP contribution in [0.3, 0.4) is 0 Å². The highest BCUT2D eigenvalue weighted by atomic mass is 32.2. The van der Waals surface area contributed by atoms with Crippen molar-refractivity contribution in [3.8, 4) is 11.5 Å². The highest BCUT2D eigenvalue weighted by molar-refractivity contribution is 8.14. The number of aromatic nitrogens is 2. The van der Waals surface area contributed by atoms with Crippen molar-refractivity contribution in [3.05, 3.63) is 64.8 Å². The van der Waals surface area contributed by atoms with Crippen LogP contribution in [0.25, 0.3) is 0 Å². The zero-order valence-electron chi connectivity index (χ0n) is 19.6. The lowest BCUT2D eigenvalue weighted by Gasteiger charge is -2.26.